The van der Waals surface area contributed by atoms with Gasteiger partial charge in [0.15, 0.2) is 0 Å². The van der Waals surface area contributed by atoms with Gasteiger partial charge < -0.3 is 20.7 Å². The Morgan fingerprint density at radius 3 is 2.40 bits per heavy atom. The van der Waals surface area contributed by atoms with Gasteiger partial charge >= 0.3 is 0 Å². The summed E-state index contributed by atoms with van der Waals surface area (Å²) in [7, 11) is 1.62. The Kier molecular flexibility index (Phi) is 7.21. The van der Waals surface area contributed by atoms with Crippen LogP contribution in [0.15, 0.2) is 54.6 Å². The van der Waals surface area contributed by atoms with E-state index in [4.69, 9.17) is 4.74 Å². The highest BCUT2D eigenvalue weighted by Crippen LogP contribution is 2.17. The topological polar surface area (TPSA) is 88.2 Å². The minimum absolute atomic E-state index is 0.0335. The zero-order valence-electron chi connectivity index (χ0n) is 17.5. The lowest BCUT2D eigenvalue weighted by atomic mass is 10.1. The second-order valence-corrected chi connectivity index (χ2v) is 7.01. The molecule has 0 radical (unpaired) electrons. The van der Waals surface area contributed by atoms with Gasteiger partial charge in [-0.1, -0.05) is 29.8 Å². The molecule has 0 aliphatic heterocycles. The molecule has 0 fully saturated rings. The number of hydrogen-bond acceptors (Lipinski definition) is 6. The lowest BCUT2D eigenvalue weighted by Crippen LogP contribution is -2.30. The van der Waals surface area contributed by atoms with Crippen LogP contribution in [0.3, 0.4) is 0 Å². The van der Waals surface area contributed by atoms with E-state index in [1.807, 2.05) is 61.5 Å². The summed E-state index contributed by atoms with van der Waals surface area (Å²) in [5.41, 5.74) is 3.96. The van der Waals surface area contributed by atoms with Gasteiger partial charge in [-0.25, -0.2) is 4.98 Å². The van der Waals surface area contributed by atoms with Crippen LogP contribution in [0.5, 0.6) is 5.75 Å². The molecule has 0 saturated heterocycles. The van der Waals surface area contributed by atoms with E-state index in [0.29, 0.717) is 25.5 Å². The molecule has 3 aromatic rings. The van der Waals surface area contributed by atoms with Crippen molar-refractivity contribution in [2.45, 2.75) is 20.3 Å². The molecule has 0 spiro atoms. The van der Waals surface area contributed by atoms with Crippen molar-refractivity contribution in [3.8, 4) is 5.75 Å². The van der Waals surface area contributed by atoms with Crippen LogP contribution in [-0.4, -0.2) is 36.1 Å². The molecule has 0 atom stereocenters. The Balaban J connectivity index is 1.46. The Morgan fingerprint density at radius 1 is 0.967 bits per heavy atom. The fourth-order valence-electron chi connectivity index (χ4n) is 2.86. The Bertz CT molecular complexity index is 972. The summed E-state index contributed by atoms with van der Waals surface area (Å²) >= 11 is 0. The highest BCUT2D eigenvalue weighted by atomic mass is 16.5. The number of carbonyl (C=O) groups is 1. The van der Waals surface area contributed by atoms with Crippen LogP contribution in [-0.2, 0) is 11.2 Å². The number of aryl methyl sites for hydroxylation is 2. The molecule has 7 heteroatoms. The molecular formula is C23H27N5O2. The molecule has 0 unspecified atom stereocenters. The number of amides is 1. The maximum atomic E-state index is 12.1. The van der Waals surface area contributed by atoms with Crippen LogP contribution in [0.2, 0.25) is 0 Å². The van der Waals surface area contributed by atoms with Gasteiger partial charge in [0.1, 0.15) is 11.6 Å². The molecule has 1 amide bonds. The Morgan fingerprint density at radius 2 is 1.70 bits per heavy atom. The summed E-state index contributed by atoms with van der Waals surface area (Å²) in [5.74, 6) is 1.98. The first kappa shape index (κ1) is 21.1. The number of methoxy groups -OCH3 is 1. The summed E-state index contributed by atoms with van der Waals surface area (Å²) in [6.45, 7) is 4.98. The molecular weight excluding hydrogens is 378 g/mol. The average molecular weight is 406 g/mol. The van der Waals surface area contributed by atoms with Crippen LogP contribution in [0.25, 0.3) is 0 Å². The van der Waals surface area contributed by atoms with Crippen LogP contribution >= 0.6 is 0 Å². The lowest BCUT2D eigenvalue weighted by Gasteiger charge is -2.11. The molecule has 2 aromatic carbocycles. The minimum Gasteiger partial charge on any atom is -0.497 e. The van der Waals surface area contributed by atoms with Crippen LogP contribution in [0, 0.1) is 13.8 Å². The van der Waals surface area contributed by atoms with E-state index in [0.717, 1.165) is 28.5 Å². The normalized spacial score (nSPS) is 10.4. The zero-order valence-corrected chi connectivity index (χ0v) is 17.5. The lowest BCUT2D eigenvalue weighted by molar-refractivity contribution is -0.120. The average Bonchev–Trinajstić information content (AvgIpc) is 2.73. The van der Waals surface area contributed by atoms with Crippen molar-refractivity contribution < 1.29 is 9.53 Å². The minimum atomic E-state index is -0.0335. The molecule has 0 bridgehead atoms. The molecule has 30 heavy (non-hydrogen) atoms. The number of ether oxygens (including phenoxy) is 1. The van der Waals surface area contributed by atoms with E-state index >= 15 is 0 Å². The van der Waals surface area contributed by atoms with Crippen LogP contribution in [0.4, 0.5) is 17.5 Å². The molecule has 0 saturated carbocycles. The van der Waals surface area contributed by atoms with Crippen molar-refractivity contribution in [2.75, 3.05) is 30.8 Å². The number of anilines is 3. The third-order valence-electron chi connectivity index (χ3n) is 4.43. The van der Waals surface area contributed by atoms with Gasteiger partial charge in [-0.15, -0.1) is 0 Å². The van der Waals surface area contributed by atoms with Crippen molar-refractivity contribution in [1.29, 1.82) is 0 Å². The van der Waals surface area contributed by atoms with E-state index in [9.17, 15) is 4.79 Å². The summed E-state index contributed by atoms with van der Waals surface area (Å²) < 4.78 is 5.13. The quantitative estimate of drug-likeness (QED) is 0.471. The number of aromatic nitrogens is 2. The molecule has 7 nitrogen and oxygen atoms in total. The molecule has 0 aliphatic carbocycles. The van der Waals surface area contributed by atoms with E-state index in [2.05, 4.69) is 32.8 Å². The SMILES string of the molecule is COc1ccc(CC(=O)NCCNc2nc(C)cc(Nc3ccc(C)cc3)n2)cc1. The summed E-state index contributed by atoms with van der Waals surface area (Å²) in [4.78, 5) is 21.0. The van der Waals surface area contributed by atoms with Gasteiger partial charge in [0.25, 0.3) is 0 Å². The maximum absolute atomic E-state index is 12.1. The highest BCUT2D eigenvalue weighted by molar-refractivity contribution is 5.78. The summed E-state index contributed by atoms with van der Waals surface area (Å²) in [6.07, 6.45) is 0.329. The van der Waals surface area contributed by atoms with E-state index in [1.54, 1.807) is 7.11 Å². The van der Waals surface area contributed by atoms with E-state index in [-0.39, 0.29) is 5.91 Å². The second kappa shape index (κ2) is 10.2. The summed E-state index contributed by atoms with van der Waals surface area (Å²) in [5, 5.41) is 9.35. The smallest absolute Gasteiger partial charge is 0.224 e. The first-order chi connectivity index (χ1) is 14.5. The van der Waals surface area contributed by atoms with E-state index < -0.39 is 0 Å². The number of nitrogens with one attached hydrogen (secondary N) is 3. The molecule has 1 aromatic heterocycles. The van der Waals surface area contributed by atoms with Gasteiger partial charge in [0.2, 0.25) is 11.9 Å². The van der Waals surface area contributed by atoms with Crippen molar-refractivity contribution in [3.63, 3.8) is 0 Å². The van der Waals surface area contributed by atoms with E-state index in [1.165, 1.54) is 5.56 Å². The van der Waals surface area contributed by atoms with Gasteiger partial charge in [0, 0.05) is 30.5 Å². The standard InChI is InChI=1S/C23H27N5O2/c1-16-4-8-19(9-5-16)27-21-14-17(2)26-23(28-21)25-13-12-24-22(29)15-18-6-10-20(30-3)11-7-18/h4-11,14H,12-13,15H2,1-3H3,(H,24,29)(H2,25,26,27,28). The summed E-state index contributed by atoms with van der Waals surface area (Å²) in [6, 6.07) is 17.5. The predicted octanol–water partition coefficient (Wildman–Crippen LogP) is 3.62. The first-order valence-corrected chi connectivity index (χ1v) is 9.85. The van der Waals surface area contributed by atoms with Gasteiger partial charge in [-0.05, 0) is 43.7 Å². The third-order valence-corrected chi connectivity index (χ3v) is 4.43. The maximum Gasteiger partial charge on any atom is 0.224 e. The largest absolute Gasteiger partial charge is 0.497 e. The number of nitrogens with zero attached hydrogens (tertiary/aromatic N) is 2. The van der Waals surface area contributed by atoms with Crippen LogP contribution in [0.1, 0.15) is 16.8 Å². The van der Waals surface area contributed by atoms with Gasteiger partial charge in [-0.2, -0.15) is 4.98 Å². The molecule has 0 aliphatic rings. The van der Waals surface area contributed by atoms with Gasteiger partial charge in [0.05, 0.1) is 13.5 Å². The first-order valence-electron chi connectivity index (χ1n) is 9.85. The number of rotatable bonds is 9. The van der Waals surface area contributed by atoms with Crippen molar-refractivity contribution in [1.82, 2.24) is 15.3 Å². The number of carbonyl (C=O) groups excluding carboxylic acids is 1. The zero-order chi connectivity index (χ0) is 21.3. The molecule has 1 heterocycles. The Labute approximate surface area is 176 Å². The second-order valence-electron chi connectivity index (χ2n) is 7.01. The van der Waals surface area contributed by atoms with Crippen molar-refractivity contribution >= 4 is 23.4 Å². The number of hydrogen-bond donors (Lipinski definition) is 3. The fourth-order valence-corrected chi connectivity index (χ4v) is 2.86. The third kappa shape index (κ3) is 6.48. The molecule has 156 valence electrons. The Hall–Kier alpha value is -3.61. The van der Waals surface area contributed by atoms with Crippen LogP contribution < -0.4 is 20.7 Å². The van der Waals surface area contributed by atoms with Crippen molar-refractivity contribution in [3.05, 3.63) is 71.4 Å². The predicted molar refractivity (Wildman–Crippen MR) is 119 cm³/mol. The fraction of sp³-hybridized carbons (Fsp3) is 0.261. The number of benzene rings is 2. The monoisotopic (exact) mass is 405 g/mol. The highest BCUT2D eigenvalue weighted by Gasteiger charge is 2.05. The van der Waals surface area contributed by atoms with Gasteiger partial charge in [-0.3, -0.25) is 4.79 Å². The molecule has 3 rings (SSSR count). The van der Waals surface area contributed by atoms with Crippen molar-refractivity contribution in [2.24, 2.45) is 0 Å². The molecule has 3 N–H and O–H groups in total.